The molecule has 0 unspecified atom stereocenters. The number of hydrogen-bond acceptors (Lipinski definition) is 2. The van der Waals surface area contributed by atoms with Crippen molar-refractivity contribution in [2.75, 3.05) is 0 Å². The van der Waals surface area contributed by atoms with Gasteiger partial charge in [-0.2, -0.15) is 0 Å². The zero-order valence-corrected chi connectivity index (χ0v) is 42.7. The topological polar surface area (TPSA) is 9.86 Å². The second kappa shape index (κ2) is 17.1. The highest BCUT2D eigenvalue weighted by molar-refractivity contribution is 7.27. The minimum absolute atomic E-state index is 1.17. The molecule has 76 heavy (non-hydrogen) atoms. The minimum Gasteiger partial charge on any atom is -0.309 e. The van der Waals surface area contributed by atoms with Gasteiger partial charge in [-0.3, -0.25) is 0 Å². The summed E-state index contributed by atoms with van der Waals surface area (Å²) >= 11 is 3.81. The third-order valence-corrected chi connectivity index (χ3v) is 18.1. The molecule has 0 aliphatic rings. The largest absolute Gasteiger partial charge is 0.309 e. The van der Waals surface area contributed by atoms with Crippen molar-refractivity contribution in [2.24, 2.45) is 0 Å². The third kappa shape index (κ3) is 6.58. The Morgan fingerprint density at radius 1 is 0.237 bits per heavy atom. The number of benzene rings is 12. The van der Waals surface area contributed by atoms with E-state index in [4.69, 9.17) is 0 Å². The average molecular weight is 1000 g/mol. The first kappa shape index (κ1) is 43.1. The van der Waals surface area contributed by atoms with Crippen LogP contribution in [0.25, 0.3) is 151 Å². The Kier molecular flexibility index (Phi) is 9.71. The summed E-state index contributed by atoms with van der Waals surface area (Å²) in [6, 6.07) is 98.9. The quantitative estimate of drug-likeness (QED) is 0.151. The normalized spacial score (nSPS) is 11.9. The molecule has 0 saturated heterocycles. The highest BCUT2D eigenvalue weighted by Gasteiger charge is 2.24. The number of hydrogen-bond donors (Lipinski definition) is 0. The number of rotatable bonds is 7. The molecule has 354 valence electrons. The van der Waals surface area contributed by atoms with Crippen molar-refractivity contribution < 1.29 is 0 Å². The number of fused-ring (bicyclic) bond motifs is 14. The van der Waals surface area contributed by atoms with Crippen LogP contribution in [0.4, 0.5) is 0 Å². The van der Waals surface area contributed by atoms with Crippen molar-refractivity contribution in [3.8, 4) is 67.0 Å². The van der Waals surface area contributed by atoms with Gasteiger partial charge in [0.25, 0.3) is 0 Å². The first-order valence-corrected chi connectivity index (χ1v) is 27.6. The summed E-state index contributed by atoms with van der Waals surface area (Å²) in [5.74, 6) is 0. The Morgan fingerprint density at radius 3 is 1.20 bits per heavy atom. The number of nitrogens with zero attached hydrogens (tertiary/aromatic N) is 2. The van der Waals surface area contributed by atoms with Gasteiger partial charge in [0.2, 0.25) is 0 Å². The molecule has 2 nitrogen and oxygen atoms in total. The molecule has 0 saturated carbocycles. The molecule has 0 amide bonds. The van der Waals surface area contributed by atoms with E-state index in [2.05, 4.69) is 276 Å². The van der Waals surface area contributed by atoms with E-state index in [1.165, 1.54) is 151 Å². The average Bonchev–Trinajstić information content (AvgIpc) is 4.34. The molecular formula is C72H44N2S2. The predicted molar refractivity (Wildman–Crippen MR) is 328 cm³/mol. The van der Waals surface area contributed by atoms with Crippen LogP contribution in [0.5, 0.6) is 0 Å². The van der Waals surface area contributed by atoms with E-state index in [9.17, 15) is 0 Å². The number of aromatic nitrogens is 2. The fourth-order valence-electron chi connectivity index (χ4n) is 12.4. The molecule has 0 bridgehead atoms. The van der Waals surface area contributed by atoms with Crippen LogP contribution in [0.15, 0.2) is 267 Å². The second-order valence-corrected chi connectivity index (χ2v) is 22.0. The van der Waals surface area contributed by atoms with Crippen LogP contribution in [0, 0.1) is 0 Å². The second-order valence-electron chi connectivity index (χ2n) is 19.9. The maximum atomic E-state index is 2.49. The van der Waals surface area contributed by atoms with Gasteiger partial charge in [0.1, 0.15) is 0 Å². The SMILES string of the molecule is c1ccc(-c2cc(-c3ccccc3)cc(-c3cc(-c4cccc5c4sc4ccc6c7ccccc7n(-c7ccccc7)c6c45)ccc3-c3cccc4c3sc3ccc5c6ccccc6n(-c6ccccc6)c5c34)c2)cc1. The van der Waals surface area contributed by atoms with Crippen molar-refractivity contribution in [3.05, 3.63) is 267 Å². The molecule has 16 rings (SSSR count). The first-order chi connectivity index (χ1) is 37.7. The molecule has 4 aromatic heterocycles. The Bertz CT molecular complexity index is 4910. The lowest BCUT2D eigenvalue weighted by Crippen LogP contribution is -1.93. The summed E-state index contributed by atoms with van der Waals surface area (Å²) in [5, 5.41) is 10.2. The molecule has 4 heteroatoms. The van der Waals surface area contributed by atoms with Gasteiger partial charge < -0.3 is 9.13 Å². The van der Waals surface area contributed by atoms with Crippen molar-refractivity contribution in [2.45, 2.75) is 0 Å². The van der Waals surface area contributed by atoms with Crippen molar-refractivity contribution in [3.63, 3.8) is 0 Å². The monoisotopic (exact) mass is 1000 g/mol. The van der Waals surface area contributed by atoms with Crippen LogP contribution >= 0.6 is 22.7 Å². The van der Waals surface area contributed by atoms with Gasteiger partial charge >= 0.3 is 0 Å². The summed E-state index contributed by atoms with van der Waals surface area (Å²) in [5.41, 5.74) is 19.3. The minimum atomic E-state index is 1.17. The zero-order valence-electron chi connectivity index (χ0n) is 41.1. The maximum Gasteiger partial charge on any atom is 0.0634 e. The molecule has 0 aliphatic heterocycles. The van der Waals surface area contributed by atoms with Gasteiger partial charge in [-0.15, -0.1) is 22.7 Å². The standard InChI is InChI=1S/C72H44N2S2/c1-5-19-45(20-6-1)48-41-49(46-21-7-2-8-22-46)43-50(42-48)62-44-47(53-29-17-31-60-67-65(75-71(53)60)39-37-57-55-27-13-15-33-63(55)73(69(57)67)51-23-9-3-10-24-51)35-36-54(62)59-30-18-32-61-68-66(76-72(59)61)40-38-58-56-28-14-16-34-64(56)74(70(58)68)52-25-11-4-12-26-52/h1-44H. The molecule has 12 aromatic carbocycles. The van der Waals surface area contributed by atoms with E-state index in [-0.39, 0.29) is 0 Å². The maximum absolute atomic E-state index is 2.49. The van der Waals surface area contributed by atoms with E-state index < -0.39 is 0 Å². The lowest BCUT2D eigenvalue weighted by atomic mass is 9.87. The lowest BCUT2D eigenvalue weighted by Gasteiger charge is -2.17. The Labute approximate surface area is 446 Å². The summed E-state index contributed by atoms with van der Waals surface area (Å²) in [6.45, 7) is 0. The van der Waals surface area contributed by atoms with Gasteiger partial charge in [-0.1, -0.05) is 194 Å². The zero-order chi connectivity index (χ0) is 49.8. The fraction of sp³-hybridized carbons (Fsp3) is 0. The number of para-hydroxylation sites is 4. The lowest BCUT2D eigenvalue weighted by molar-refractivity contribution is 1.19. The van der Waals surface area contributed by atoms with Crippen LogP contribution in [0.3, 0.4) is 0 Å². The summed E-state index contributed by atoms with van der Waals surface area (Å²) in [7, 11) is 0. The molecule has 0 atom stereocenters. The summed E-state index contributed by atoms with van der Waals surface area (Å²) in [4.78, 5) is 0. The van der Waals surface area contributed by atoms with E-state index in [1.807, 2.05) is 22.7 Å². The van der Waals surface area contributed by atoms with Crippen molar-refractivity contribution in [1.29, 1.82) is 0 Å². The van der Waals surface area contributed by atoms with Gasteiger partial charge in [-0.05, 0) is 123 Å². The van der Waals surface area contributed by atoms with Crippen LogP contribution < -0.4 is 0 Å². The van der Waals surface area contributed by atoms with Gasteiger partial charge in [0.15, 0.2) is 0 Å². The van der Waals surface area contributed by atoms with Crippen LogP contribution in [-0.2, 0) is 0 Å². The fourth-order valence-corrected chi connectivity index (χ4v) is 14.8. The van der Waals surface area contributed by atoms with Crippen molar-refractivity contribution in [1.82, 2.24) is 9.13 Å². The Hall–Kier alpha value is -9.32. The van der Waals surface area contributed by atoms with E-state index in [0.29, 0.717) is 0 Å². The molecule has 0 radical (unpaired) electrons. The molecule has 0 N–H and O–H groups in total. The Balaban J connectivity index is 0.970. The van der Waals surface area contributed by atoms with E-state index >= 15 is 0 Å². The van der Waals surface area contributed by atoms with E-state index in [0.717, 1.165) is 0 Å². The highest BCUT2D eigenvalue weighted by atomic mass is 32.1. The predicted octanol–water partition coefficient (Wildman–Crippen LogP) is 21.0. The summed E-state index contributed by atoms with van der Waals surface area (Å²) < 4.78 is 10.1. The van der Waals surface area contributed by atoms with Gasteiger partial charge in [0, 0.05) is 78.8 Å². The molecule has 0 spiro atoms. The molecule has 0 fully saturated rings. The van der Waals surface area contributed by atoms with Crippen molar-refractivity contribution >= 4 is 107 Å². The highest BCUT2D eigenvalue weighted by Crippen LogP contribution is 2.50. The van der Waals surface area contributed by atoms with Crippen LogP contribution in [0.2, 0.25) is 0 Å². The smallest absolute Gasteiger partial charge is 0.0634 e. The summed E-state index contributed by atoms with van der Waals surface area (Å²) in [6.07, 6.45) is 0. The first-order valence-electron chi connectivity index (χ1n) is 26.0. The van der Waals surface area contributed by atoms with Gasteiger partial charge in [0.05, 0.1) is 22.1 Å². The molecule has 0 aliphatic carbocycles. The third-order valence-electron chi connectivity index (χ3n) is 15.7. The van der Waals surface area contributed by atoms with E-state index in [1.54, 1.807) is 0 Å². The molecule has 16 aromatic rings. The number of thiophene rings is 2. The molecular weight excluding hydrogens is 957 g/mol. The molecule has 4 heterocycles. The van der Waals surface area contributed by atoms with Gasteiger partial charge in [-0.25, -0.2) is 0 Å². The van der Waals surface area contributed by atoms with Crippen LogP contribution in [0.1, 0.15) is 0 Å². The van der Waals surface area contributed by atoms with Crippen LogP contribution in [-0.4, -0.2) is 9.13 Å². The Morgan fingerprint density at radius 2 is 0.671 bits per heavy atom.